The van der Waals surface area contributed by atoms with Crippen molar-refractivity contribution in [3.8, 4) is 12.1 Å². The largest absolute Gasteiger partial charge is 0.383 e. The number of hydrogen-bond acceptors (Lipinski definition) is 6. The Kier molecular flexibility index (Phi) is 6.05. The number of carbonyl (C=O) groups is 1. The summed E-state index contributed by atoms with van der Waals surface area (Å²) in [6.45, 7) is 4.40. The van der Waals surface area contributed by atoms with E-state index in [4.69, 9.17) is 16.3 Å². The van der Waals surface area contributed by atoms with Crippen molar-refractivity contribution in [3.63, 3.8) is 0 Å². The van der Waals surface area contributed by atoms with Gasteiger partial charge in [-0.05, 0) is 24.3 Å². The van der Waals surface area contributed by atoms with Gasteiger partial charge < -0.3 is 11.1 Å². The summed E-state index contributed by atoms with van der Waals surface area (Å²) in [5, 5.41) is 21.6. The highest BCUT2D eigenvalue weighted by atomic mass is 32.2. The van der Waals surface area contributed by atoms with Gasteiger partial charge in [0.2, 0.25) is 5.91 Å². The number of nitrogens with one attached hydrogen (secondary N) is 1. The molecule has 0 unspecified atom stereocenters. The van der Waals surface area contributed by atoms with Crippen LogP contribution in [0.3, 0.4) is 0 Å². The number of nitrogens with zero attached hydrogens (tertiary/aromatic N) is 3. The maximum absolute atomic E-state index is 12.2. The molecule has 1 aromatic heterocycles. The summed E-state index contributed by atoms with van der Waals surface area (Å²) in [6, 6.07) is 5.51. The first-order valence-corrected chi connectivity index (χ1v) is 8.97. The van der Waals surface area contributed by atoms with E-state index in [9.17, 15) is 4.79 Å². The molecule has 3 N–H and O–H groups in total. The van der Waals surface area contributed by atoms with Gasteiger partial charge in [-0.15, -0.1) is 0 Å². The molecule has 6 nitrogen and oxygen atoms in total. The van der Waals surface area contributed by atoms with Gasteiger partial charge in [-0.25, -0.2) is 4.98 Å². The summed E-state index contributed by atoms with van der Waals surface area (Å²) in [5.41, 5.74) is 6.12. The molecule has 1 heterocycles. The van der Waals surface area contributed by atoms with Gasteiger partial charge in [-0.1, -0.05) is 38.5 Å². The molecule has 0 aromatic carbocycles. The van der Waals surface area contributed by atoms with Crippen LogP contribution in [0.25, 0.3) is 0 Å². The number of anilines is 1. The molecule has 1 aromatic rings. The lowest BCUT2D eigenvalue weighted by Gasteiger charge is -2.34. The van der Waals surface area contributed by atoms with E-state index in [2.05, 4.69) is 24.1 Å². The summed E-state index contributed by atoms with van der Waals surface area (Å²) in [7, 11) is 0. The maximum atomic E-state index is 12.2. The normalized spacial score (nSPS) is 23.1. The van der Waals surface area contributed by atoms with E-state index in [0.29, 0.717) is 16.9 Å². The zero-order valence-corrected chi connectivity index (χ0v) is 14.7. The first kappa shape index (κ1) is 18.1. The molecule has 1 fully saturated rings. The van der Waals surface area contributed by atoms with Crippen LogP contribution in [-0.4, -0.2) is 22.7 Å². The van der Waals surface area contributed by atoms with E-state index in [1.165, 1.54) is 24.2 Å². The third-order valence-electron chi connectivity index (χ3n) is 4.65. The van der Waals surface area contributed by atoms with Crippen LogP contribution in [-0.2, 0) is 4.79 Å². The van der Waals surface area contributed by atoms with Gasteiger partial charge in [-0.3, -0.25) is 4.79 Å². The van der Waals surface area contributed by atoms with Crippen molar-refractivity contribution in [1.29, 1.82) is 10.5 Å². The van der Waals surface area contributed by atoms with Gasteiger partial charge >= 0.3 is 0 Å². The van der Waals surface area contributed by atoms with Gasteiger partial charge in [0.25, 0.3) is 0 Å². The fourth-order valence-corrected chi connectivity index (χ4v) is 3.73. The quantitative estimate of drug-likeness (QED) is 0.811. The average Bonchev–Trinajstić information content (AvgIpc) is 2.57. The van der Waals surface area contributed by atoms with Gasteiger partial charge in [0.05, 0.1) is 16.9 Å². The molecule has 2 rings (SSSR count). The van der Waals surface area contributed by atoms with Crippen LogP contribution in [0.5, 0.6) is 0 Å². The van der Waals surface area contributed by atoms with Crippen molar-refractivity contribution in [2.75, 3.05) is 11.5 Å². The molecule has 1 aliphatic rings. The second-order valence-corrected chi connectivity index (χ2v) is 7.19. The topological polar surface area (TPSA) is 116 Å². The zero-order valence-electron chi connectivity index (χ0n) is 13.9. The van der Waals surface area contributed by atoms with Crippen molar-refractivity contribution in [1.82, 2.24) is 10.3 Å². The zero-order chi connectivity index (χ0) is 17.7. The molecule has 0 bridgehead atoms. The predicted molar refractivity (Wildman–Crippen MR) is 92.9 cm³/mol. The predicted octanol–water partition coefficient (Wildman–Crippen LogP) is 2.44. The van der Waals surface area contributed by atoms with Crippen LogP contribution in [0.4, 0.5) is 5.82 Å². The standard InChI is InChI=1S/C17H21N5OS/c1-10-4-3-5-14(11(10)2)21-15(23)9-24-17-13(8-19)6-12(7-18)16(20)22-17/h6,10-11,14H,3-5,9H2,1-2H3,(H2,20,22)(H,21,23)/t10-,11+,14+/m0/s1. The Hall–Kier alpha value is -2.25. The number of amides is 1. The van der Waals surface area contributed by atoms with Crippen LogP contribution in [0.15, 0.2) is 11.1 Å². The summed E-state index contributed by atoms with van der Waals surface area (Å²) in [5.74, 6) is 1.26. The highest BCUT2D eigenvalue weighted by Crippen LogP contribution is 2.30. The fraction of sp³-hybridized carbons (Fsp3) is 0.529. The van der Waals surface area contributed by atoms with Crippen LogP contribution >= 0.6 is 11.8 Å². The molecular weight excluding hydrogens is 322 g/mol. The van der Waals surface area contributed by atoms with Gasteiger partial charge in [0.15, 0.2) is 0 Å². The van der Waals surface area contributed by atoms with E-state index < -0.39 is 0 Å². The second kappa shape index (κ2) is 8.03. The number of carbonyl (C=O) groups excluding carboxylic acids is 1. The van der Waals surface area contributed by atoms with Gasteiger partial charge in [0.1, 0.15) is 23.0 Å². The average molecular weight is 343 g/mol. The second-order valence-electron chi connectivity index (χ2n) is 6.23. The molecular formula is C17H21N5OS. The highest BCUT2D eigenvalue weighted by Gasteiger charge is 2.28. The molecule has 0 saturated heterocycles. The minimum atomic E-state index is -0.0698. The number of pyridine rings is 1. The molecule has 0 aliphatic heterocycles. The van der Waals surface area contributed by atoms with E-state index in [1.54, 1.807) is 0 Å². The molecule has 0 radical (unpaired) electrons. The van der Waals surface area contributed by atoms with Crippen LogP contribution in [0, 0.1) is 34.5 Å². The van der Waals surface area contributed by atoms with E-state index >= 15 is 0 Å². The Labute approximate surface area is 146 Å². The van der Waals surface area contributed by atoms with Crippen LogP contribution in [0.1, 0.15) is 44.2 Å². The van der Waals surface area contributed by atoms with E-state index in [0.717, 1.165) is 12.8 Å². The number of rotatable bonds is 4. The first-order valence-electron chi connectivity index (χ1n) is 7.99. The Bertz CT molecular complexity index is 706. The van der Waals surface area contributed by atoms with E-state index in [1.807, 2.05) is 12.1 Å². The van der Waals surface area contributed by atoms with Crippen molar-refractivity contribution >= 4 is 23.5 Å². The molecule has 3 atom stereocenters. The third-order valence-corrected chi connectivity index (χ3v) is 5.64. The lowest BCUT2D eigenvalue weighted by atomic mass is 9.78. The summed E-state index contributed by atoms with van der Waals surface area (Å²) in [4.78, 5) is 16.3. The number of hydrogen-bond donors (Lipinski definition) is 2. The van der Waals surface area contributed by atoms with Crippen molar-refractivity contribution in [3.05, 3.63) is 17.2 Å². The van der Waals surface area contributed by atoms with Crippen molar-refractivity contribution in [2.45, 2.75) is 44.2 Å². The minimum Gasteiger partial charge on any atom is -0.383 e. The Morgan fingerprint density at radius 3 is 2.75 bits per heavy atom. The molecule has 126 valence electrons. The molecule has 1 saturated carbocycles. The Balaban J connectivity index is 1.98. The monoisotopic (exact) mass is 343 g/mol. The number of aromatic nitrogens is 1. The Morgan fingerprint density at radius 2 is 2.08 bits per heavy atom. The summed E-state index contributed by atoms with van der Waals surface area (Å²) >= 11 is 1.17. The third kappa shape index (κ3) is 4.18. The molecule has 1 amide bonds. The van der Waals surface area contributed by atoms with Crippen LogP contribution < -0.4 is 11.1 Å². The molecule has 0 spiro atoms. The van der Waals surface area contributed by atoms with Crippen LogP contribution in [0.2, 0.25) is 0 Å². The SMILES string of the molecule is C[C@@H]1[C@@H](C)CCC[C@H]1NC(=O)CSc1nc(N)c(C#N)cc1C#N. The lowest BCUT2D eigenvalue weighted by Crippen LogP contribution is -2.44. The highest BCUT2D eigenvalue weighted by molar-refractivity contribution is 8.00. The van der Waals surface area contributed by atoms with Crippen molar-refractivity contribution < 1.29 is 4.79 Å². The molecule has 24 heavy (non-hydrogen) atoms. The molecule has 7 heteroatoms. The number of nitrogen functional groups attached to an aromatic ring is 1. The Morgan fingerprint density at radius 1 is 1.38 bits per heavy atom. The first-order chi connectivity index (χ1) is 11.5. The van der Waals surface area contributed by atoms with Gasteiger partial charge in [-0.2, -0.15) is 10.5 Å². The van der Waals surface area contributed by atoms with E-state index in [-0.39, 0.29) is 34.6 Å². The smallest absolute Gasteiger partial charge is 0.230 e. The number of nitriles is 2. The minimum absolute atomic E-state index is 0.0698. The van der Waals surface area contributed by atoms with Gasteiger partial charge in [0, 0.05) is 6.04 Å². The maximum Gasteiger partial charge on any atom is 0.230 e. The number of nitrogens with two attached hydrogens (primary N) is 1. The fourth-order valence-electron chi connectivity index (χ4n) is 2.96. The summed E-state index contributed by atoms with van der Waals surface area (Å²) < 4.78 is 0. The molecule has 1 aliphatic carbocycles. The number of thioether (sulfide) groups is 1. The lowest BCUT2D eigenvalue weighted by molar-refractivity contribution is -0.119. The van der Waals surface area contributed by atoms with Crippen molar-refractivity contribution in [2.24, 2.45) is 11.8 Å². The summed E-state index contributed by atoms with van der Waals surface area (Å²) in [6.07, 6.45) is 3.35.